The van der Waals surface area contributed by atoms with Gasteiger partial charge in [0.1, 0.15) is 12.0 Å². The van der Waals surface area contributed by atoms with E-state index in [1.807, 2.05) is 0 Å². The van der Waals surface area contributed by atoms with Gasteiger partial charge in [-0.15, -0.1) is 6.58 Å². The summed E-state index contributed by atoms with van der Waals surface area (Å²) in [5, 5.41) is 8.98. The van der Waals surface area contributed by atoms with Crippen molar-refractivity contribution in [2.45, 2.75) is 6.10 Å². The van der Waals surface area contributed by atoms with Gasteiger partial charge in [0.25, 0.3) is 0 Å². The average Bonchev–Trinajstić information content (AvgIpc) is 2.58. The highest BCUT2D eigenvalue weighted by Gasteiger charge is 2.38. The first-order chi connectivity index (χ1) is 7.65. The molecule has 1 aliphatic heterocycles. The third-order valence-corrected chi connectivity index (χ3v) is 2.59. The summed E-state index contributed by atoms with van der Waals surface area (Å²) < 4.78 is 5.06. The Bertz CT molecular complexity index is 464. The molecule has 4 heteroatoms. The van der Waals surface area contributed by atoms with Crippen LogP contribution >= 0.6 is 0 Å². The molecule has 0 aliphatic carbocycles. The quantitative estimate of drug-likeness (QED) is 0.620. The maximum Gasteiger partial charge on any atom is 0.339 e. The van der Waals surface area contributed by atoms with Crippen molar-refractivity contribution < 1.29 is 19.4 Å². The Morgan fingerprint density at radius 3 is 2.81 bits per heavy atom. The second kappa shape index (κ2) is 3.81. The number of hydrogen-bond acceptors (Lipinski definition) is 3. The minimum atomic E-state index is -1.05. The molecule has 1 heterocycles. The van der Waals surface area contributed by atoms with Crippen molar-refractivity contribution in [1.82, 2.24) is 0 Å². The zero-order valence-electron chi connectivity index (χ0n) is 8.42. The van der Waals surface area contributed by atoms with Crippen LogP contribution in [0.4, 0.5) is 0 Å². The number of carboxylic acids is 1. The van der Waals surface area contributed by atoms with Crippen LogP contribution in [0.25, 0.3) is 0 Å². The van der Waals surface area contributed by atoms with Crippen LogP contribution in [0, 0.1) is 5.92 Å². The zero-order chi connectivity index (χ0) is 11.7. The first-order valence-corrected chi connectivity index (χ1v) is 4.80. The summed E-state index contributed by atoms with van der Waals surface area (Å²) in [5.41, 5.74) is 1.04. The lowest BCUT2D eigenvalue weighted by atomic mass is 9.94. The minimum Gasteiger partial charge on any atom is -0.481 e. The Balaban J connectivity index is 2.44. The van der Waals surface area contributed by atoms with Crippen LogP contribution < -0.4 is 0 Å². The van der Waals surface area contributed by atoms with Crippen molar-refractivity contribution in [3.63, 3.8) is 0 Å². The Labute approximate surface area is 92.2 Å². The molecule has 1 aromatic rings. The summed E-state index contributed by atoms with van der Waals surface area (Å²) in [7, 11) is 0. The number of carbonyl (C=O) groups is 2. The topological polar surface area (TPSA) is 63.6 Å². The Kier molecular flexibility index (Phi) is 2.48. The van der Waals surface area contributed by atoms with Crippen molar-refractivity contribution >= 4 is 11.9 Å². The van der Waals surface area contributed by atoms with E-state index in [0.29, 0.717) is 11.1 Å². The Morgan fingerprint density at radius 1 is 1.50 bits per heavy atom. The molecule has 0 saturated carbocycles. The summed E-state index contributed by atoms with van der Waals surface area (Å²) in [6.45, 7) is 3.45. The molecule has 4 nitrogen and oxygen atoms in total. The first-order valence-electron chi connectivity index (χ1n) is 4.80. The van der Waals surface area contributed by atoms with Gasteiger partial charge in [-0.25, -0.2) is 4.79 Å². The van der Waals surface area contributed by atoms with Crippen molar-refractivity contribution in [2.24, 2.45) is 5.92 Å². The second-order valence-electron chi connectivity index (χ2n) is 3.51. The molecule has 0 radical (unpaired) electrons. The van der Waals surface area contributed by atoms with E-state index in [4.69, 9.17) is 9.84 Å². The van der Waals surface area contributed by atoms with E-state index in [2.05, 4.69) is 6.58 Å². The van der Waals surface area contributed by atoms with Crippen LogP contribution in [0.1, 0.15) is 22.0 Å². The van der Waals surface area contributed by atoms with Crippen LogP contribution in [-0.4, -0.2) is 17.0 Å². The van der Waals surface area contributed by atoms with E-state index < -0.39 is 24.0 Å². The van der Waals surface area contributed by atoms with Gasteiger partial charge in [-0.05, 0) is 6.07 Å². The molecule has 0 bridgehead atoms. The predicted molar refractivity (Wildman–Crippen MR) is 55.9 cm³/mol. The first kappa shape index (κ1) is 10.4. The van der Waals surface area contributed by atoms with Gasteiger partial charge in [0.05, 0.1) is 5.56 Å². The van der Waals surface area contributed by atoms with Crippen molar-refractivity contribution in [3.8, 4) is 0 Å². The van der Waals surface area contributed by atoms with E-state index in [9.17, 15) is 9.59 Å². The van der Waals surface area contributed by atoms with Gasteiger partial charge in [0.2, 0.25) is 0 Å². The number of ether oxygens (including phenoxy) is 1. The van der Waals surface area contributed by atoms with Gasteiger partial charge in [-0.1, -0.05) is 24.3 Å². The van der Waals surface area contributed by atoms with E-state index in [1.165, 1.54) is 6.08 Å². The fraction of sp³-hybridized carbons (Fsp3) is 0.167. The van der Waals surface area contributed by atoms with Crippen molar-refractivity contribution in [3.05, 3.63) is 48.0 Å². The van der Waals surface area contributed by atoms with Gasteiger partial charge in [-0.3, -0.25) is 4.79 Å². The maximum absolute atomic E-state index is 11.5. The molecule has 2 rings (SSSR count). The highest BCUT2D eigenvalue weighted by atomic mass is 16.6. The van der Waals surface area contributed by atoms with Crippen molar-refractivity contribution in [2.75, 3.05) is 0 Å². The molecule has 2 atom stereocenters. The van der Waals surface area contributed by atoms with Gasteiger partial charge in [0, 0.05) is 5.56 Å². The SMILES string of the molecule is C=CC(C(=O)O)C1OC(=O)c2ccccc21. The third-order valence-electron chi connectivity index (χ3n) is 2.59. The summed E-state index contributed by atoms with van der Waals surface area (Å²) in [4.78, 5) is 22.4. The van der Waals surface area contributed by atoms with Crippen LogP contribution in [0.5, 0.6) is 0 Å². The number of carboxylic acid groups (broad SMARTS) is 1. The van der Waals surface area contributed by atoms with E-state index >= 15 is 0 Å². The van der Waals surface area contributed by atoms with Crippen molar-refractivity contribution in [1.29, 1.82) is 0 Å². The smallest absolute Gasteiger partial charge is 0.339 e. The number of aliphatic carboxylic acids is 1. The second-order valence-corrected chi connectivity index (χ2v) is 3.51. The Hall–Kier alpha value is -2.10. The molecule has 1 aromatic carbocycles. The highest BCUT2D eigenvalue weighted by molar-refractivity contribution is 5.94. The van der Waals surface area contributed by atoms with Gasteiger partial charge in [0.15, 0.2) is 0 Å². The van der Waals surface area contributed by atoms with Crippen LogP contribution in [0.3, 0.4) is 0 Å². The fourth-order valence-electron chi connectivity index (χ4n) is 1.79. The molecule has 2 unspecified atom stereocenters. The van der Waals surface area contributed by atoms with Crippen LogP contribution in [0.15, 0.2) is 36.9 Å². The molecular formula is C12H10O4. The van der Waals surface area contributed by atoms with Gasteiger partial charge < -0.3 is 9.84 Å². The summed E-state index contributed by atoms with van der Waals surface area (Å²) >= 11 is 0. The molecule has 0 spiro atoms. The Morgan fingerprint density at radius 2 is 2.19 bits per heavy atom. The lowest BCUT2D eigenvalue weighted by molar-refractivity contribution is -0.143. The summed E-state index contributed by atoms with van der Waals surface area (Å²) in [6, 6.07) is 6.78. The van der Waals surface area contributed by atoms with Gasteiger partial charge >= 0.3 is 11.9 Å². The molecular weight excluding hydrogens is 208 g/mol. The highest BCUT2D eigenvalue weighted by Crippen LogP contribution is 2.36. The monoisotopic (exact) mass is 218 g/mol. The predicted octanol–water partition coefficient (Wildman–Crippen LogP) is 1.78. The third kappa shape index (κ3) is 1.48. The molecule has 82 valence electrons. The standard InChI is InChI=1S/C12H10O4/c1-2-7(11(13)14)10-8-5-3-4-6-9(8)12(15)16-10/h2-7,10H,1H2,(H,13,14). The number of esters is 1. The number of fused-ring (bicyclic) bond motifs is 1. The fourth-order valence-corrected chi connectivity index (χ4v) is 1.79. The lowest BCUT2D eigenvalue weighted by Gasteiger charge is -2.15. The zero-order valence-corrected chi connectivity index (χ0v) is 8.42. The summed E-state index contributed by atoms with van der Waals surface area (Å²) in [6.07, 6.45) is 0.515. The van der Waals surface area contributed by atoms with E-state index in [1.54, 1.807) is 24.3 Å². The molecule has 1 aliphatic rings. The number of carbonyl (C=O) groups excluding carboxylic acids is 1. The molecule has 0 fully saturated rings. The lowest BCUT2D eigenvalue weighted by Crippen LogP contribution is -2.19. The molecule has 0 saturated heterocycles. The number of cyclic esters (lactones) is 1. The van der Waals surface area contributed by atoms with E-state index in [0.717, 1.165) is 0 Å². The molecule has 0 amide bonds. The van der Waals surface area contributed by atoms with Crippen LogP contribution in [-0.2, 0) is 9.53 Å². The number of rotatable bonds is 3. The largest absolute Gasteiger partial charge is 0.481 e. The van der Waals surface area contributed by atoms with Gasteiger partial charge in [-0.2, -0.15) is 0 Å². The maximum atomic E-state index is 11.5. The minimum absolute atomic E-state index is 0.431. The van der Waals surface area contributed by atoms with E-state index in [-0.39, 0.29) is 0 Å². The normalized spacial score (nSPS) is 19.8. The molecule has 1 N–H and O–H groups in total. The number of benzene rings is 1. The number of hydrogen-bond donors (Lipinski definition) is 1. The average molecular weight is 218 g/mol. The molecule has 0 aromatic heterocycles. The van der Waals surface area contributed by atoms with Crippen LogP contribution in [0.2, 0.25) is 0 Å². The summed E-state index contributed by atoms with van der Waals surface area (Å²) in [5.74, 6) is -2.44. The molecule has 16 heavy (non-hydrogen) atoms.